The minimum atomic E-state index is -4.26. The van der Waals surface area contributed by atoms with Gasteiger partial charge in [-0.25, -0.2) is 0 Å². The highest BCUT2D eigenvalue weighted by atomic mass is 35.5. The molecule has 2 heterocycles. The first-order valence-electron chi connectivity index (χ1n) is 5.50. The van der Waals surface area contributed by atoms with Gasteiger partial charge in [-0.1, -0.05) is 6.07 Å². The molecule has 0 aliphatic carbocycles. The zero-order valence-electron chi connectivity index (χ0n) is 10.1. The second-order valence-corrected chi connectivity index (χ2v) is 4.02. The Morgan fingerprint density at radius 3 is 2.32 bits per heavy atom. The minimum Gasteiger partial charge on any atom is -0.314 e. The summed E-state index contributed by atoms with van der Waals surface area (Å²) >= 11 is 0. The van der Waals surface area contributed by atoms with Gasteiger partial charge in [-0.2, -0.15) is 13.2 Å². The molecule has 1 aromatic rings. The first-order valence-corrected chi connectivity index (χ1v) is 5.50. The Morgan fingerprint density at radius 2 is 1.84 bits per heavy atom. The summed E-state index contributed by atoms with van der Waals surface area (Å²) in [7, 11) is 0. The van der Waals surface area contributed by atoms with Crippen LogP contribution in [0.5, 0.6) is 0 Å². The summed E-state index contributed by atoms with van der Waals surface area (Å²) in [6.45, 7) is 1.98. The fourth-order valence-corrected chi connectivity index (χ4v) is 2.08. The van der Waals surface area contributed by atoms with E-state index in [-0.39, 0.29) is 30.4 Å². The monoisotopic (exact) mass is 317 g/mol. The third-order valence-electron chi connectivity index (χ3n) is 2.83. The van der Waals surface area contributed by atoms with E-state index in [1.54, 1.807) is 0 Å². The van der Waals surface area contributed by atoms with Crippen molar-refractivity contribution in [3.05, 3.63) is 30.1 Å². The van der Waals surface area contributed by atoms with Crippen molar-refractivity contribution in [2.24, 2.45) is 0 Å². The molecule has 0 saturated carbocycles. The topological polar surface area (TPSA) is 28.2 Å². The molecular weight excluding hydrogens is 302 g/mol. The van der Waals surface area contributed by atoms with Crippen LogP contribution in [0.2, 0.25) is 0 Å². The fraction of sp³-hybridized carbons (Fsp3) is 0.545. The molecular formula is C11H16Cl2F3N3. The van der Waals surface area contributed by atoms with Gasteiger partial charge in [-0.05, 0) is 11.6 Å². The third kappa shape index (κ3) is 4.80. The molecule has 19 heavy (non-hydrogen) atoms. The zero-order valence-corrected chi connectivity index (χ0v) is 11.7. The third-order valence-corrected chi connectivity index (χ3v) is 2.83. The molecule has 1 fully saturated rings. The average Bonchev–Trinajstić information content (AvgIpc) is 2.30. The lowest BCUT2D eigenvalue weighted by Crippen LogP contribution is -2.49. The van der Waals surface area contributed by atoms with Crippen LogP contribution in [-0.4, -0.2) is 42.2 Å². The zero-order chi connectivity index (χ0) is 12.3. The number of nitrogens with zero attached hydrogens (tertiary/aromatic N) is 2. The van der Waals surface area contributed by atoms with E-state index in [1.165, 1.54) is 29.4 Å². The quantitative estimate of drug-likeness (QED) is 0.908. The van der Waals surface area contributed by atoms with Gasteiger partial charge in [0.05, 0.1) is 0 Å². The number of hydrogen-bond donors (Lipinski definition) is 1. The highest BCUT2D eigenvalue weighted by Gasteiger charge is 2.44. The summed E-state index contributed by atoms with van der Waals surface area (Å²) in [5.41, 5.74) is 0.210. The molecule has 0 spiro atoms. The largest absolute Gasteiger partial charge is 0.408 e. The van der Waals surface area contributed by atoms with E-state index in [2.05, 4.69) is 10.3 Å². The Hall–Kier alpha value is -0.560. The molecule has 1 aromatic heterocycles. The maximum absolute atomic E-state index is 13.1. The van der Waals surface area contributed by atoms with Crippen molar-refractivity contribution in [2.75, 3.05) is 26.2 Å². The maximum atomic E-state index is 13.1. The molecule has 1 saturated heterocycles. The molecule has 110 valence electrons. The molecule has 3 nitrogen and oxygen atoms in total. The van der Waals surface area contributed by atoms with Gasteiger partial charge in [-0.15, -0.1) is 24.8 Å². The first-order chi connectivity index (χ1) is 8.09. The number of nitrogens with one attached hydrogen (secondary N) is 1. The second kappa shape index (κ2) is 7.89. The molecule has 2 rings (SSSR count). The molecule has 1 N–H and O–H groups in total. The standard InChI is InChI=1S/C11H14F3N3.2ClH/c12-11(13,14)10(9-2-1-3-16-8-9)17-6-4-15-5-7-17;;/h1-3,8,10,15H,4-7H2;2*1H/t10-;;/m0../s1. The number of alkyl halides is 3. The molecule has 1 aliphatic heterocycles. The Bertz CT molecular complexity index is 356. The Balaban J connectivity index is 0.00000162. The van der Waals surface area contributed by atoms with Crippen LogP contribution in [0.4, 0.5) is 13.2 Å². The van der Waals surface area contributed by atoms with Crippen molar-refractivity contribution in [1.29, 1.82) is 0 Å². The van der Waals surface area contributed by atoms with Gasteiger partial charge in [0.25, 0.3) is 0 Å². The number of halogens is 5. The average molecular weight is 318 g/mol. The van der Waals surface area contributed by atoms with Gasteiger partial charge in [-0.3, -0.25) is 9.88 Å². The van der Waals surface area contributed by atoms with Gasteiger partial charge < -0.3 is 5.32 Å². The SMILES string of the molecule is Cl.Cl.FC(F)(F)[C@H](c1cccnc1)N1CCNCC1. The minimum absolute atomic E-state index is 0. The predicted molar refractivity (Wildman–Crippen MR) is 72.0 cm³/mol. The summed E-state index contributed by atoms with van der Waals surface area (Å²) < 4.78 is 39.3. The van der Waals surface area contributed by atoms with E-state index in [0.717, 1.165) is 0 Å². The second-order valence-electron chi connectivity index (χ2n) is 4.02. The van der Waals surface area contributed by atoms with E-state index in [9.17, 15) is 13.2 Å². The van der Waals surface area contributed by atoms with Crippen molar-refractivity contribution >= 4 is 24.8 Å². The lowest BCUT2D eigenvalue weighted by atomic mass is 10.1. The lowest BCUT2D eigenvalue weighted by molar-refractivity contribution is -0.188. The van der Waals surface area contributed by atoms with Gasteiger partial charge >= 0.3 is 6.18 Å². The van der Waals surface area contributed by atoms with E-state index in [0.29, 0.717) is 26.2 Å². The summed E-state index contributed by atoms with van der Waals surface area (Å²) in [4.78, 5) is 5.22. The number of rotatable bonds is 2. The highest BCUT2D eigenvalue weighted by Crippen LogP contribution is 2.37. The lowest BCUT2D eigenvalue weighted by Gasteiger charge is -2.35. The van der Waals surface area contributed by atoms with Crippen LogP contribution in [0.15, 0.2) is 24.5 Å². The van der Waals surface area contributed by atoms with Gasteiger partial charge in [0.2, 0.25) is 0 Å². The van der Waals surface area contributed by atoms with Crippen LogP contribution in [0.25, 0.3) is 0 Å². The van der Waals surface area contributed by atoms with E-state index in [1.807, 2.05) is 0 Å². The predicted octanol–water partition coefficient (Wildman–Crippen LogP) is 2.43. The summed E-state index contributed by atoms with van der Waals surface area (Å²) in [6, 6.07) is 1.47. The number of piperazine rings is 1. The van der Waals surface area contributed by atoms with Crippen LogP contribution in [0.1, 0.15) is 11.6 Å². The molecule has 1 atom stereocenters. The molecule has 8 heteroatoms. The molecule has 0 unspecified atom stereocenters. The fourth-order valence-electron chi connectivity index (χ4n) is 2.08. The van der Waals surface area contributed by atoms with Gasteiger partial charge in [0.1, 0.15) is 6.04 Å². The Kier molecular flexibility index (Phi) is 7.66. The summed E-state index contributed by atoms with van der Waals surface area (Å²) in [5.74, 6) is 0. The van der Waals surface area contributed by atoms with Crippen LogP contribution >= 0.6 is 24.8 Å². The first kappa shape index (κ1) is 18.4. The molecule has 0 aromatic carbocycles. The van der Waals surface area contributed by atoms with Crippen molar-refractivity contribution in [1.82, 2.24) is 15.2 Å². The van der Waals surface area contributed by atoms with Crippen molar-refractivity contribution in [3.8, 4) is 0 Å². The van der Waals surface area contributed by atoms with E-state index in [4.69, 9.17) is 0 Å². The smallest absolute Gasteiger partial charge is 0.314 e. The number of hydrogen-bond acceptors (Lipinski definition) is 3. The molecule has 0 bridgehead atoms. The van der Waals surface area contributed by atoms with Crippen LogP contribution in [0, 0.1) is 0 Å². The number of pyridine rings is 1. The molecule has 0 amide bonds. The highest BCUT2D eigenvalue weighted by molar-refractivity contribution is 5.85. The number of aromatic nitrogens is 1. The Labute approximate surface area is 122 Å². The Morgan fingerprint density at radius 1 is 1.21 bits per heavy atom. The molecule has 1 aliphatic rings. The van der Waals surface area contributed by atoms with Crippen LogP contribution < -0.4 is 5.32 Å². The van der Waals surface area contributed by atoms with Gasteiger partial charge in [0.15, 0.2) is 0 Å². The van der Waals surface area contributed by atoms with Crippen LogP contribution in [-0.2, 0) is 0 Å². The van der Waals surface area contributed by atoms with E-state index >= 15 is 0 Å². The van der Waals surface area contributed by atoms with Gasteiger partial charge in [0, 0.05) is 38.6 Å². The maximum Gasteiger partial charge on any atom is 0.408 e. The summed E-state index contributed by atoms with van der Waals surface area (Å²) in [6.07, 6.45) is -1.49. The molecule has 0 radical (unpaired) electrons. The normalized spacial score (nSPS) is 18.1. The summed E-state index contributed by atoms with van der Waals surface area (Å²) in [5, 5.41) is 3.05. The van der Waals surface area contributed by atoms with Crippen molar-refractivity contribution in [3.63, 3.8) is 0 Å². The van der Waals surface area contributed by atoms with Crippen molar-refractivity contribution < 1.29 is 13.2 Å². The van der Waals surface area contributed by atoms with E-state index < -0.39 is 12.2 Å². The van der Waals surface area contributed by atoms with Crippen molar-refractivity contribution in [2.45, 2.75) is 12.2 Å². The van der Waals surface area contributed by atoms with Crippen LogP contribution in [0.3, 0.4) is 0 Å².